The predicted octanol–water partition coefficient (Wildman–Crippen LogP) is 16.5. The highest BCUT2D eigenvalue weighted by atomic mass is 32.1. The van der Waals surface area contributed by atoms with E-state index in [9.17, 15) is 0 Å². The molecule has 2 nitrogen and oxygen atoms in total. The molecule has 0 amide bonds. The molecule has 0 radical (unpaired) electrons. The first-order chi connectivity index (χ1) is 30.2. The first-order valence-electron chi connectivity index (χ1n) is 22.3. The van der Waals surface area contributed by atoms with Crippen molar-refractivity contribution in [1.82, 2.24) is 0 Å². The van der Waals surface area contributed by atoms with Crippen molar-refractivity contribution in [3.8, 4) is 33.4 Å². The van der Waals surface area contributed by atoms with Gasteiger partial charge in [0.1, 0.15) is 5.58 Å². The van der Waals surface area contributed by atoms with Crippen LogP contribution in [0.4, 0.5) is 17.1 Å². The predicted molar refractivity (Wildman–Crippen MR) is 255 cm³/mol. The number of para-hydroxylation sites is 1. The summed E-state index contributed by atoms with van der Waals surface area (Å²) in [5.41, 5.74) is 16.3. The molecule has 0 atom stereocenters. The highest BCUT2D eigenvalue weighted by Gasteiger charge is 2.61. The molecule has 3 heteroatoms. The Kier molecular flexibility index (Phi) is 7.20. The highest BCUT2D eigenvalue weighted by molar-refractivity contribution is 7.26. The maximum Gasteiger partial charge on any atom is 0.159 e. The van der Waals surface area contributed by atoms with Gasteiger partial charge in [0.2, 0.25) is 0 Å². The Hall–Kier alpha value is -6.42. The third-order valence-corrected chi connectivity index (χ3v) is 16.6. The average Bonchev–Trinajstić information content (AvgIpc) is 3.98. The number of furan rings is 1. The van der Waals surface area contributed by atoms with Crippen molar-refractivity contribution in [3.05, 3.63) is 187 Å². The Balaban J connectivity index is 1.01. The number of thiophene rings is 1. The fourth-order valence-corrected chi connectivity index (χ4v) is 14.6. The van der Waals surface area contributed by atoms with Crippen molar-refractivity contribution in [2.45, 2.75) is 37.5 Å². The van der Waals surface area contributed by atoms with Gasteiger partial charge in [0.05, 0.1) is 11.4 Å². The van der Waals surface area contributed by atoms with Crippen LogP contribution in [-0.2, 0) is 5.41 Å². The van der Waals surface area contributed by atoms with Crippen LogP contribution in [0.15, 0.2) is 180 Å². The van der Waals surface area contributed by atoms with E-state index in [-0.39, 0.29) is 5.41 Å². The van der Waals surface area contributed by atoms with Crippen LogP contribution in [0.2, 0.25) is 0 Å². The fraction of sp³-hybridized carbons (Fsp3) is 0.172. The molecule has 0 saturated heterocycles. The van der Waals surface area contributed by atoms with Gasteiger partial charge in [-0.2, -0.15) is 0 Å². The minimum atomic E-state index is 0.122. The van der Waals surface area contributed by atoms with Crippen molar-refractivity contribution >= 4 is 70.5 Å². The molecular formula is C58H43NOS. The molecule has 1 spiro atoms. The van der Waals surface area contributed by atoms with Crippen LogP contribution in [0.5, 0.6) is 0 Å². The van der Waals surface area contributed by atoms with E-state index in [0.717, 1.165) is 57.3 Å². The zero-order chi connectivity index (χ0) is 39.8. The van der Waals surface area contributed by atoms with Crippen molar-refractivity contribution in [2.75, 3.05) is 4.90 Å². The Morgan fingerprint density at radius 1 is 0.475 bits per heavy atom. The van der Waals surface area contributed by atoms with Crippen LogP contribution in [0.3, 0.4) is 0 Å². The Bertz CT molecular complexity index is 3380. The monoisotopic (exact) mass is 801 g/mol. The van der Waals surface area contributed by atoms with Gasteiger partial charge in [-0.25, -0.2) is 0 Å². The maximum atomic E-state index is 7.20. The Morgan fingerprint density at radius 3 is 2.00 bits per heavy atom. The lowest BCUT2D eigenvalue weighted by Crippen LogP contribution is -2.55. The van der Waals surface area contributed by atoms with Crippen molar-refractivity contribution < 1.29 is 4.42 Å². The number of fused-ring (bicyclic) bond motifs is 9. The van der Waals surface area contributed by atoms with Crippen LogP contribution in [0, 0.1) is 23.7 Å². The van der Waals surface area contributed by atoms with E-state index in [1.807, 2.05) is 11.3 Å². The molecule has 8 aromatic carbocycles. The average molecular weight is 802 g/mol. The molecule has 4 fully saturated rings. The molecule has 0 N–H and O–H groups in total. The second-order valence-electron chi connectivity index (χ2n) is 18.4. The zero-order valence-corrected chi connectivity index (χ0v) is 34.7. The van der Waals surface area contributed by atoms with E-state index in [1.54, 1.807) is 11.1 Å². The number of rotatable bonds is 5. The van der Waals surface area contributed by atoms with Gasteiger partial charge in [-0.15, -0.1) is 11.3 Å². The van der Waals surface area contributed by atoms with Gasteiger partial charge < -0.3 is 9.32 Å². The lowest BCUT2D eigenvalue weighted by molar-refractivity contribution is -0.0399. The molecule has 5 aliphatic rings. The van der Waals surface area contributed by atoms with Crippen LogP contribution >= 0.6 is 11.3 Å². The minimum Gasteiger partial charge on any atom is -0.454 e. The highest BCUT2D eigenvalue weighted by Crippen LogP contribution is 2.70. The van der Waals surface area contributed by atoms with E-state index in [4.69, 9.17) is 4.42 Å². The number of hydrogen-bond acceptors (Lipinski definition) is 3. The van der Waals surface area contributed by atoms with Crippen molar-refractivity contribution in [1.29, 1.82) is 0 Å². The molecule has 292 valence electrons. The minimum absolute atomic E-state index is 0.122. The van der Waals surface area contributed by atoms with Crippen LogP contribution < -0.4 is 4.90 Å². The Morgan fingerprint density at radius 2 is 1.11 bits per heavy atom. The summed E-state index contributed by atoms with van der Waals surface area (Å²) < 4.78 is 9.77. The molecule has 61 heavy (non-hydrogen) atoms. The molecule has 0 aliphatic heterocycles. The van der Waals surface area contributed by atoms with Gasteiger partial charge in [0, 0.05) is 42.0 Å². The summed E-state index contributed by atoms with van der Waals surface area (Å²) in [6.45, 7) is 0. The normalized spacial score (nSPS) is 22.2. The first kappa shape index (κ1) is 34.3. The smallest absolute Gasteiger partial charge is 0.159 e. The summed E-state index contributed by atoms with van der Waals surface area (Å²) in [5.74, 6) is 3.29. The molecule has 15 rings (SSSR count). The summed E-state index contributed by atoms with van der Waals surface area (Å²) >= 11 is 1.86. The van der Waals surface area contributed by atoms with E-state index in [0.29, 0.717) is 0 Å². The molecule has 5 aliphatic carbocycles. The van der Waals surface area contributed by atoms with Gasteiger partial charge >= 0.3 is 0 Å². The van der Waals surface area contributed by atoms with Gasteiger partial charge in [0.25, 0.3) is 0 Å². The fourth-order valence-electron chi connectivity index (χ4n) is 13.5. The van der Waals surface area contributed by atoms with Gasteiger partial charge in [-0.05, 0) is 143 Å². The van der Waals surface area contributed by atoms with Gasteiger partial charge in [-0.1, -0.05) is 133 Å². The number of anilines is 3. The van der Waals surface area contributed by atoms with Crippen molar-refractivity contribution in [2.24, 2.45) is 23.7 Å². The standard InChI is InChI=1S/C58H43NOS/c1-2-13-37(14-3-1)38-15-8-16-41(34-38)59(49-24-12-28-53-56(49)45-18-5-7-27-52(45)61-53)50-25-10-21-46-55-43(20-11-26-51(55)60-57(46)50)42-19-9-23-48-54(42)44-17-4-6-22-47(44)58(48)39-30-35-29-36(32-39)33-40(58)31-35/h1-28,34-36,39-40H,29-33H2. The topological polar surface area (TPSA) is 16.4 Å². The molecular weight excluding hydrogens is 759 g/mol. The third-order valence-electron chi connectivity index (χ3n) is 15.4. The summed E-state index contributed by atoms with van der Waals surface area (Å²) in [7, 11) is 0. The van der Waals surface area contributed by atoms with E-state index >= 15 is 0 Å². The first-order valence-corrected chi connectivity index (χ1v) is 23.1. The van der Waals surface area contributed by atoms with E-state index in [1.165, 1.54) is 91.0 Å². The zero-order valence-electron chi connectivity index (χ0n) is 33.9. The lowest BCUT2D eigenvalue weighted by atomic mass is 9.43. The molecule has 2 aromatic heterocycles. The molecule has 10 aromatic rings. The van der Waals surface area contributed by atoms with Gasteiger partial charge in [0.15, 0.2) is 5.58 Å². The quantitative estimate of drug-likeness (QED) is 0.172. The van der Waals surface area contributed by atoms with E-state index < -0.39 is 0 Å². The third kappa shape index (κ3) is 4.73. The summed E-state index contributed by atoms with van der Waals surface area (Å²) in [6.07, 6.45) is 7.00. The second kappa shape index (κ2) is 12.8. The molecule has 2 heterocycles. The number of benzene rings is 8. The summed E-state index contributed by atoms with van der Waals surface area (Å²) in [4.78, 5) is 2.45. The van der Waals surface area contributed by atoms with Crippen LogP contribution in [0.1, 0.15) is 43.2 Å². The number of nitrogens with zero attached hydrogens (tertiary/aromatic N) is 1. The van der Waals surface area contributed by atoms with Crippen LogP contribution in [-0.4, -0.2) is 0 Å². The second-order valence-corrected chi connectivity index (χ2v) is 19.5. The SMILES string of the molecule is c1ccc(-c2cccc(N(c3cccc4c3oc3cccc(-c5cccc6c5-c5ccccc5C65C6CC7CC(C6)CC5C7)c34)c3cccc4sc5ccccc5c34)c2)cc1. The van der Waals surface area contributed by atoms with Gasteiger partial charge in [-0.3, -0.25) is 0 Å². The summed E-state index contributed by atoms with van der Waals surface area (Å²) in [5, 5.41) is 4.87. The summed E-state index contributed by atoms with van der Waals surface area (Å²) in [6, 6.07) is 65.6. The Labute approximate surface area is 359 Å². The number of hydrogen-bond donors (Lipinski definition) is 0. The largest absolute Gasteiger partial charge is 0.454 e. The van der Waals surface area contributed by atoms with Crippen molar-refractivity contribution in [3.63, 3.8) is 0 Å². The van der Waals surface area contributed by atoms with E-state index in [2.05, 4.69) is 181 Å². The molecule has 4 bridgehead atoms. The van der Waals surface area contributed by atoms with Crippen LogP contribution in [0.25, 0.3) is 75.5 Å². The lowest BCUT2D eigenvalue weighted by Gasteiger charge is -2.61. The molecule has 4 saturated carbocycles. The molecule has 0 unspecified atom stereocenters. The maximum absolute atomic E-state index is 7.20.